The molecule has 0 aromatic heterocycles. The number of halogens is 1. The van der Waals surface area contributed by atoms with Crippen molar-refractivity contribution in [3.63, 3.8) is 0 Å². The molecule has 3 saturated heterocycles. The van der Waals surface area contributed by atoms with E-state index >= 15 is 0 Å². The first-order chi connectivity index (χ1) is 14.4. The van der Waals surface area contributed by atoms with Crippen LogP contribution in [0.4, 0.5) is 14.9 Å². The van der Waals surface area contributed by atoms with Crippen LogP contribution >= 0.6 is 0 Å². The number of piperidine rings is 1. The highest BCUT2D eigenvalue weighted by Gasteiger charge is 2.50. The van der Waals surface area contributed by atoms with Gasteiger partial charge in [0.2, 0.25) is 0 Å². The standard InChI is InChI=1S/C22H30FN3O4/c1-16-15-26(18-4-2-17(23)3-5-18)13-12-24(16)9-6-19-14-22(20(27)30-19)7-10-25(11-8-22)21(28)29/h2-5,16,19H,6-15H2,1H3,(H,28,29)/t16-,19-/m0/s1. The number of carbonyl (C=O) groups excluding carboxylic acids is 1. The summed E-state index contributed by atoms with van der Waals surface area (Å²) in [4.78, 5) is 29.8. The number of piperazine rings is 1. The minimum absolute atomic E-state index is 0.0868. The summed E-state index contributed by atoms with van der Waals surface area (Å²) in [7, 11) is 0. The van der Waals surface area contributed by atoms with Gasteiger partial charge in [0.1, 0.15) is 11.9 Å². The topological polar surface area (TPSA) is 73.3 Å². The zero-order valence-electron chi connectivity index (χ0n) is 17.4. The van der Waals surface area contributed by atoms with Gasteiger partial charge in [-0.15, -0.1) is 0 Å². The third kappa shape index (κ3) is 4.24. The van der Waals surface area contributed by atoms with Crippen molar-refractivity contribution in [3.8, 4) is 0 Å². The molecule has 7 nitrogen and oxygen atoms in total. The van der Waals surface area contributed by atoms with Crippen LogP contribution < -0.4 is 4.90 Å². The van der Waals surface area contributed by atoms with Crippen molar-refractivity contribution >= 4 is 17.7 Å². The van der Waals surface area contributed by atoms with E-state index in [1.165, 1.54) is 17.0 Å². The van der Waals surface area contributed by atoms with E-state index in [9.17, 15) is 14.0 Å². The lowest BCUT2D eigenvalue weighted by atomic mass is 9.76. The monoisotopic (exact) mass is 419 g/mol. The summed E-state index contributed by atoms with van der Waals surface area (Å²) in [6.45, 7) is 6.55. The molecule has 0 unspecified atom stereocenters. The predicted molar refractivity (Wildman–Crippen MR) is 110 cm³/mol. The summed E-state index contributed by atoms with van der Waals surface area (Å²) in [5, 5.41) is 9.13. The quantitative estimate of drug-likeness (QED) is 0.757. The van der Waals surface area contributed by atoms with Crippen LogP contribution in [0.15, 0.2) is 24.3 Å². The fraction of sp³-hybridized carbons (Fsp3) is 0.636. The van der Waals surface area contributed by atoms with Crippen LogP contribution in [0.5, 0.6) is 0 Å². The predicted octanol–water partition coefficient (Wildman–Crippen LogP) is 2.80. The molecule has 164 valence electrons. The number of hydrogen-bond donors (Lipinski definition) is 1. The maximum atomic E-state index is 13.2. The number of cyclic esters (lactones) is 1. The third-order valence-corrected chi connectivity index (χ3v) is 7.01. The second kappa shape index (κ2) is 8.41. The maximum Gasteiger partial charge on any atom is 0.407 e. The highest BCUT2D eigenvalue weighted by molar-refractivity contribution is 5.79. The second-order valence-electron chi connectivity index (χ2n) is 8.88. The van der Waals surface area contributed by atoms with Gasteiger partial charge < -0.3 is 19.6 Å². The van der Waals surface area contributed by atoms with Crippen molar-refractivity contribution in [1.82, 2.24) is 9.80 Å². The van der Waals surface area contributed by atoms with Crippen LogP contribution in [0.25, 0.3) is 0 Å². The molecular formula is C22H30FN3O4. The fourth-order valence-corrected chi connectivity index (χ4v) is 5.06. The largest absolute Gasteiger partial charge is 0.465 e. The molecule has 1 amide bonds. The molecule has 8 heteroatoms. The van der Waals surface area contributed by atoms with Gasteiger partial charge in [-0.2, -0.15) is 0 Å². The van der Waals surface area contributed by atoms with Crippen LogP contribution in [0.1, 0.15) is 32.6 Å². The molecule has 3 aliphatic heterocycles. The van der Waals surface area contributed by atoms with Crippen molar-refractivity contribution in [2.75, 3.05) is 44.2 Å². The first-order valence-corrected chi connectivity index (χ1v) is 10.8. The molecule has 4 rings (SSSR count). The van der Waals surface area contributed by atoms with Crippen LogP contribution in [-0.2, 0) is 9.53 Å². The highest BCUT2D eigenvalue weighted by atomic mass is 19.1. The Morgan fingerprint density at radius 3 is 2.53 bits per heavy atom. The summed E-state index contributed by atoms with van der Waals surface area (Å²) < 4.78 is 18.9. The summed E-state index contributed by atoms with van der Waals surface area (Å²) in [6.07, 6.45) is 1.61. The van der Waals surface area contributed by atoms with Gasteiger partial charge >= 0.3 is 12.1 Å². The number of benzene rings is 1. The molecule has 3 fully saturated rings. The van der Waals surface area contributed by atoms with E-state index in [0.29, 0.717) is 38.4 Å². The van der Waals surface area contributed by atoms with Crippen LogP contribution in [-0.4, -0.2) is 78.4 Å². The lowest BCUT2D eigenvalue weighted by molar-refractivity contribution is -0.150. The summed E-state index contributed by atoms with van der Waals surface area (Å²) >= 11 is 0. The molecule has 2 atom stereocenters. The number of nitrogens with zero attached hydrogens (tertiary/aromatic N) is 3. The Labute approximate surface area is 176 Å². The highest BCUT2D eigenvalue weighted by Crippen LogP contribution is 2.44. The Kier molecular flexibility index (Phi) is 5.86. The van der Waals surface area contributed by atoms with Gasteiger partial charge in [0.25, 0.3) is 0 Å². The number of rotatable bonds is 4. The van der Waals surface area contributed by atoms with E-state index in [0.717, 1.165) is 38.3 Å². The molecule has 0 bridgehead atoms. The molecule has 30 heavy (non-hydrogen) atoms. The average Bonchev–Trinajstić information content (AvgIpc) is 3.03. The molecule has 1 aromatic rings. The molecule has 3 aliphatic rings. The Morgan fingerprint density at radius 2 is 1.90 bits per heavy atom. The number of amides is 1. The van der Waals surface area contributed by atoms with Crippen molar-refractivity contribution in [2.24, 2.45) is 5.41 Å². The first kappa shape index (κ1) is 20.9. The van der Waals surface area contributed by atoms with Crippen molar-refractivity contribution in [1.29, 1.82) is 0 Å². The first-order valence-electron chi connectivity index (χ1n) is 10.8. The number of carbonyl (C=O) groups is 2. The van der Waals surface area contributed by atoms with Crippen LogP contribution in [0, 0.1) is 11.2 Å². The molecule has 3 heterocycles. The number of esters is 1. The Balaban J connectivity index is 1.26. The van der Waals surface area contributed by atoms with E-state index in [2.05, 4.69) is 16.7 Å². The van der Waals surface area contributed by atoms with E-state index < -0.39 is 11.5 Å². The SMILES string of the molecule is C[C@H]1CN(c2ccc(F)cc2)CCN1CC[C@H]1CC2(CCN(C(=O)O)CC2)C(=O)O1. The van der Waals surface area contributed by atoms with Gasteiger partial charge in [-0.1, -0.05) is 0 Å². The molecule has 1 spiro atoms. The summed E-state index contributed by atoms with van der Waals surface area (Å²) in [6, 6.07) is 7.00. The van der Waals surface area contributed by atoms with Crippen LogP contribution in [0.2, 0.25) is 0 Å². The Hall–Kier alpha value is -2.35. The number of ether oxygens (including phenoxy) is 1. The molecular weight excluding hydrogens is 389 g/mol. The molecule has 0 saturated carbocycles. The van der Waals surface area contributed by atoms with Crippen molar-refractivity contribution in [3.05, 3.63) is 30.1 Å². The Bertz CT molecular complexity index is 779. The number of carboxylic acid groups (broad SMARTS) is 1. The van der Waals surface area contributed by atoms with Gasteiger partial charge in [0, 0.05) is 57.4 Å². The zero-order valence-corrected chi connectivity index (χ0v) is 17.4. The van der Waals surface area contributed by atoms with Crippen molar-refractivity contribution < 1.29 is 23.8 Å². The van der Waals surface area contributed by atoms with Crippen molar-refractivity contribution in [2.45, 2.75) is 44.8 Å². The minimum Gasteiger partial charge on any atom is -0.465 e. The van der Waals surface area contributed by atoms with E-state index in [1.54, 1.807) is 0 Å². The molecule has 1 aromatic carbocycles. The number of anilines is 1. The second-order valence-corrected chi connectivity index (χ2v) is 8.88. The van der Waals surface area contributed by atoms with Gasteiger partial charge in [-0.05, 0) is 50.5 Å². The summed E-state index contributed by atoms with van der Waals surface area (Å²) in [5.74, 6) is -0.366. The van der Waals surface area contributed by atoms with E-state index in [1.807, 2.05) is 12.1 Å². The lowest BCUT2D eigenvalue weighted by Crippen LogP contribution is -2.52. The fourth-order valence-electron chi connectivity index (χ4n) is 5.06. The lowest BCUT2D eigenvalue weighted by Gasteiger charge is -2.41. The normalized spacial score (nSPS) is 26.8. The minimum atomic E-state index is -0.915. The third-order valence-electron chi connectivity index (χ3n) is 7.01. The van der Waals surface area contributed by atoms with Gasteiger partial charge in [0.05, 0.1) is 5.41 Å². The summed E-state index contributed by atoms with van der Waals surface area (Å²) in [5.41, 5.74) is 0.547. The van der Waals surface area contributed by atoms with Gasteiger partial charge in [-0.25, -0.2) is 9.18 Å². The number of likely N-dealkylation sites (tertiary alicyclic amines) is 1. The average molecular weight is 419 g/mol. The van der Waals surface area contributed by atoms with Gasteiger partial charge in [0.15, 0.2) is 0 Å². The van der Waals surface area contributed by atoms with Gasteiger partial charge in [-0.3, -0.25) is 9.69 Å². The number of hydrogen-bond acceptors (Lipinski definition) is 5. The van der Waals surface area contributed by atoms with E-state index in [-0.39, 0.29) is 17.9 Å². The molecule has 0 aliphatic carbocycles. The molecule has 0 radical (unpaired) electrons. The molecule has 1 N–H and O–H groups in total. The van der Waals surface area contributed by atoms with Crippen LogP contribution in [0.3, 0.4) is 0 Å². The zero-order chi connectivity index (χ0) is 21.3. The Morgan fingerprint density at radius 1 is 1.20 bits per heavy atom. The smallest absolute Gasteiger partial charge is 0.407 e. The maximum absolute atomic E-state index is 13.2. The van der Waals surface area contributed by atoms with E-state index in [4.69, 9.17) is 9.84 Å².